The van der Waals surface area contributed by atoms with Crippen LogP contribution in [0, 0.1) is 18.6 Å². The number of ether oxygens (including phenoxy) is 1. The summed E-state index contributed by atoms with van der Waals surface area (Å²) in [6.45, 7) is 9.80. The summed E-state index contributed by atoms with van der Waals surface area (Å²) < 4.78 is 33.5. The quantitative estimate of drug-likeness (QED) is 0.523. The van der Waals surface area contributed by atoms with Crippen molar-refractivity contribution in [3.8, 4) is 0 Å². The third kappa shape index (κ3) is 8.32. The molecule has 2 aromatic rings. The number of amides is 3. The second-order valence-corrected chi connectivity index (χ2v) is 10.2. The van der Waals surface area contributed by atoms with E-state index in [0.717, 1.165) is 11.6 Å². The van der Waals surface area contributed by atoms with E-state index in [1.165, 1.54) is 17.9 Å². The van der Waals surface area contributed by atoms with Gasteiger partial charge < -0.3 is 20.3 Å². The first-order valence-corrected chi connectivity index (χ1v) is 11.7. The van der Waals surface area contributed by atoms with Crippen LogP contribution in [0.15, 0.2) is 42.5 Å². The minimum Gasteiger partial charge on any atom is -0.445 e. The zero-order valence-electron chi connectivity index (χ0n) is 21.7. The van der Waals surface area contributed by atoms with E-state index in [9.17, 15) is 23.2 Å². The number of halogens is 2. The molecule has 0 saturated heterocycles. The van der Waals surface area contributed by atoms with E-state index in [4.69, 9.17) is 4.74 Å². The maximum absolute atomic E-state index is 14.5. The van der Waals surface area contributed by atoms with Crippen LogP contribution in [0.5, 0.6) is 0 Å². The zero-order valence-corrected chi connectivity index (χ0v) is 21.7. The second kappa shape index (κ2) is 12.0. The highest BCUT2D eigenvalue weighted by Crippen LogP contribution is 2.24. The minimum absolute atomic E-state index is 0.0507. The van der Waals surface area contributed by atoms with Gasteiger partial charge in [-0.15, -0.1) is 0 Å². The van der Waals surface area contributed by atoms with Crippen molar-refractivity contribution in [1.29, 1.82) is 0 Å². The van der Waals surface area contributed by atoms with Gasteiger partial charge >= 0.3 is 6.09 Å². The Hall–Kier alpha value is -3.49. The van der Waals surface area contributed by atoms with Crippen molar-refractivity contribution in [2.45, 2.75) is 72.2 Å². The summed E-state index contributed by atoms with van der Waals surface area (Å²) in [6, 6.07) is 11.2. The molecular weight excluding hydrogens is 468 g/mol. The summed E-state index contributed by atoms with van der Waals surface area (Å²) >= 11 is 0. The highest BCUT2D eigenvalue weighted by Gasteiger charge is 2.39. The van der Waals surface area contributed by atoms with E-state index in [1.54, 1.807) is 34.6 Å². The summed E-state index contributed by atoms with van der Waals surface area (Å²) in [5.74, 6) is -2.44. The van der Waals surface area contributed by atoms with Gasteiger partial charge in [0.2, 0.25) is 11.8 Å². The molecule has 0 saturated carbocycles. The maximum atomic E-state index is 14.5. The predicted molar refractivity (Wildman–Crippen MR) is 133 cm³/mol. The molecule has 36 heavy (non-hydrogen) atoms. The average Bonchev–Trinajstić information content (AvgIpc) is 2.78. The molecule has 0 aromatic heterocycles. The van der Waals surface area contributed by atoms with Gasteiger partial charge in [-0.05, 0) is 58.7 Å². The van der Waals surface area contributed by atoms with Crippen molar-refractivity contribution >= 4 is 17.9 Å². The molecule has 2 N–H and O–H groups in total. The van der Waals surface area contributed by atoms with Gasteiger partial charge in [0.05, 0.1) is 0 Å². The highest BCUT2D eigenvalue weighted by atomic mass is 19.1. The Balaban J connectivity index is 2.13. The van der Waals surface area contributed by atoms with E-state index in [-0.39, 0.29) is 37.2 Å². The van der Waals surface area contributed by atoms with Crippen molar-refractivity contribution in [2.75, 3.05) is 6.54 Å². The molecule has 9 heteroatoms. The molecule has 7 nitrogen and oxygen atoms in total. The third-order valence-electron chi connectivity index (χ3n) is 5.50. The van der Waals surface area contributed by atoms with Gasteiger partial charge in [-0.25, -0.2) is 13.6 Å². The molecule has 2 rings (SSSR count). The lowest BCUT2D eigenvalue weighted by Gasteiger charge is -2.39. The van der Waals surface area contributed by atoms with Gasteiger partial charge in [0.25, 0.3) is 0 Å². The smallest absolute Gasteiger partial charge is 0.407 e. The van der Waals surface area contributed by atoms with E-state index >= 15 is 0 Å². The lowest BCUT2D eigenvalue weighted by atomic mass is 9.96. The van der Waals surface area contributed by atoms with Crippen LogP contribution in [-0.2, 0) is 27.5 Å². The summed E-state index contributed by atoms with van der Waals surface area (Å²) in [5.41, 5.74) is -0.816. The molecule has 0 aliphatic carbocycles. The number of hydrogen-bond acceptors (Lipinski definition) is 4. The zero-order chi connectivity index (χ0) is 27.1. The van der Waals surface area contributed by atoms with E-state index < -0.39 is 40.6 Å². The van der Waals surface area contributed by atoms with Crippen LogP contribution in [-0.4, -0.2) is 40.4 Å². The van der Waals surface area contributed by atoms with Gasteiger partial charge in [0.15, 0.2) is 0 Å². The number of rotatable bonds is 9. The van der Waals surface area contributed by atoms with Crippen molar-refractivity contribution in [1.82, 2.24) is 15.5 Å². The molecule has 0 radical (unpaired) electrons. The first-order chi connectivity index (χ1) is 16.7. The van der Waals surface area contributed by atoms with Crippen molar-refractivity contribution in [3.05, 3.63) is 70.8 Å². The Morgan fingerprint density at radius 1 is 0.972 bits per heavy atom. The SMILES string of the molecule is Cc1cc(CN(C(=O)CCNC(=O)OCc2ccccc2)C(C)(C)C(=O)NC(C)(C)C)c(F)cc1F. The summed E-state index contributed by atoms with van der Waals surface area (Å²) in [6.07, 6.45) is -0.850. The van der Waals surface area contributed by atoms with Crippen LogP contribution in [0.3, 0.4) is 0 Å². The van der Waals surface area contributed by atoms with Crippen LogP contribution in [0.4, 0.5) is 13.6 Å². The number of aryl methyl sites for hydroxylation is 1. The first-order valence-electron chi connectivity index (χ1n) is 11.7. The molecule has 0 bridgehead atoms. The van der Waals surface area contributed by atoms with Crippen molar-refractivity contribution < 1.29 is 27.9 Å². The molecule has 0 spiro atoms. The molecule has 0 atom stereocenters. The number of nitrogens with one attached hydrogen (secondary N) is 2. The minimum atomic E-state index is -1.37. The Labute approximate surface area is 211 Å². The van der Waals surface area contributed by atoms with E-state index in [0.29, 0.717) is 0 Å². The maximum Gasteiger partial charge on any atom is 0.407 e. The van der Waals surface area contributed by atoms with Crippen LogP contribution in [0.1, 0.15) is 57.7 Å². The molecule has 196 valence electrons. The number of carbonyl (C=O) groups excluding carboxylic acids is 3. The summed E-state index contributed by atoms with van der Waals surface area (Å²) in [7, 11) is 0. The molecule has 2 aromatic carbocycles. The Morgan fingerprint density at radius 3 is 2.22 bits per heavy atom. The van der Waals surface area contributed by atoms with Crippen LogP contribution >= 0.6 is 0 Å². The largest absolute Gasteiger partial charge is 0.445 e. The predicted octanol–water partition coefficient (Wildman–Crippen LogP) is 4.61. The number of alkyl carbamates (subject to hydrolysis) is 1. The van der Waals surface area contributed by atoms with Crippen LogP contribution in [0.25, 0.3) is 0 Å². The highest BCUT2D eigenvalue weighted by molar-refractivity contribution is 5.91. The number of nitrogens with zero attached hydrogens (tertiary/aromatic N) is 1. The van der Waals surface area contributed by atoms with Crippen molar-refractivity contribution in [3.63, 3.8) is 0 Å². The molecule has 0 heterocycles. The fourth-order valence-electron chi connectivity index (χ4n) is 3.40. The number of hydrogen-bond donors (Lipinski definition) is 2. The topological polar surface area (TPSA) is 87.7 Å². The van der Waals surface area contributed by atoms with Gasteiger partial charge in [-0.3, -0.25) is 9.59 Å². The fourth-order valence-corrected chi connectivity index (χ4v) is 3.40. The lowest BCUT2D eigenvalue weighted by molar-refractivity contribution is -0.147. The van der Waals surface area contributed by atoms with Gasteiger partial charge in [0, 0.05) is 36.7 Å². The molecule has 3 amide bonds. The number of carbonyl (C=O) groups is 3. The molecule has 0 fully saturated rings. The Bertz CT molecular complexity index is 1080. The van der Waals surface area contributed by atoms with Crippen LogP contribution < -0.4 is 10.6 Å². The van der Waals surface area contributed by atoms with Crippen molar-refractivity contribution in [2.24, 2.45) is 0 Å². The standard InChI is InChI=1S/C27H35F2N3O4/c1-18-14-20(22(29)15-21(18)28)16-32(27(5,6)24(34)31-26(2,3)4)23(33)12-13-30-25(35)36-17-19-10-8-7-9-11-19/h7-11,14-15H,12-13,16-17H2,1-6H3,(H,30,35)(H,31,34). The summed E-state index contributed by atoms with van der Waals surface area (Å²) in [5, 5.41) is 5.36. The Morgan fingerprint density at radius 2 is 1.61 bits per heavy atom. The first kappa shape index (κ1) is 28.7. The van der Waals surface area contributed by atoms with Gasteiger partial charge in [-0.2, -0.15) is 0 Å². The normalized spacial score (nSPS) is 11.6. The molecule has 0 aliphatic heterocycles. The number of benzene rings is 2. The van der Waals surface area contributed by atoms with Crippen LogP contribution in [0.2, 0.25) is 0 Å². The Kier molecular flexibility index (Phi) is 9.55. The third-order valence-corrected chi connectivity index (χ3v) is 5.50. The molecular formula is C27H35F2N3O4. The van der Waals surface area contributed by atoms with Gasteiger partial charge in [-0.1, -0.05) is 30.3 Å². The average molecular weight is 504 g/mol. The fraction of sp³-hybridized carbons (Fsp3) is 0.444. The monoisotopic (exact) mass is 503 g/mol. The van der Waals surface area contributed by atoms with E-state index in [2.05, 4.69) is 10.6 Å². The summed E-state index contributed by atoms with van der Waals surface area (Å²) in [4.78, 5) is 39.6. The van der Waals surface area contributed by atoms with Gasteiger partial charge in [0.1, 0.15) is 23.8 Å². The molecule has 0 unspecified atom stereocenters. The lowest BCUT2D eigenvalue weighted by Crippen LogP contribution is -2.60. The second-order valence-electron chi connectivity index (χ2n) is 10.2. The molecule has 0 aliphatic rings. The van der Waals surface area contributed by atoms with E-state index in [1.807, 2.05) is 30.3 Å².